The molecule has 9 nitrogen and oxygen atoms in total. The molecule has 10 heteroatoms. The van der Waals surface area contributed by atoms with Crippen molar-refractivity contribution >= 4 is 38.7 Å². The standard InChI is InChI=1S/C23H19N3O6S/c27-22(24-17-10-12-18(13-11-17)26(29)30)15-25-19-8-4-5-9-20(19)33(31,32)21(14-23(25)28)16-6-2-1-3-7-16/h1-13,21H,14-15H2,(H,24,27)/t21-/m1/s1. The summed E-state index contributed by atoms with van der Waals surface area (Å²) in [6.45, 7) is -0.413. The maximum atomic E-state index is 13.4. The maximum Gasteiger partial charge on any atom is 0.269 e. The fourth-order valence-corrected chi connectivity index (χ4v) is 5.66. The summed E-state index contributed by atoms with van der Waals surface area (Å²) in [5.41, 5.74) is 0.829. The van der Waals surface area contributed by atoms with Gasteiger partial charge in [-0.1, -0.05) is 42.5 Å². The van der Waals surface area contributed by atoms with E-state index in [0.29, 0.717) is 11.3 Å². The normalized spacial score (nSPS) is 17.0. The molecule has 0 unspecified atom stereocenters. The number of fused-ring (bicyclic) bond motifs is 1. The molecule has 0 aliphatic carbocycles. The van der Waals surface area contributed by atoms with Gasteiger partial charge in [0.25, 0.3) is 5.69 Å². The minimum absolute atomic E-state index is 0.0205. The molecule has 168 valence electrons. The predicted octanol–water partition coefficient (Wildman–Crippen LogP) is 3.49. The SMILES string of the molecule is O=C(CN1C(=O)C[C@H](c2ccccc2)S(=O)(=O)c2ccccc21)Nc1ccc([N+](=O)[O-])cc1. The number of nitro benzene ring substituents is 1. The highest BCUT2D eigenvalue weighted by atomic mass is 32.2. The Bertz CT molecular complexity index is 1320. The highest BCUT2D eigenvalue weighted by molar-refractivity contribution is 7.92. The van der Waals surface area contributed by atoms with Crippen LogP contribution in [0.3, 0.4) is 0 Å². The van der Waals surface area contributed by atoms with E-state index in [4.69, 9.17) is 0 Å². The number of nitrogens with zero attached hydrogens (tertiary/aromatic N) is 2. The van der Waals surface area contributed by atoms with Crippen LogP contribution in [-0.4, -0.2) is 31.7 Å². The fraction of sp³-hybridized carbons (Fsp3) is 0.130. The number of anilines is 2. The first-order valence-corrected chi connectivity index (χ1v) is 11.5. The molecule has 1 aliphatic heterocycles. The van der Waals surface area contributed by atoms with Crippen molar-refractivity contribution in [3.63, 3.8) is 0 Å². The van der Waals surface area contributed by atoms with Gasteiger partial charge in [0.2, 0.25) is 11.8 Å². The van der Waals surface area contributed by atoms with Crippen LogP contribution in [0.15, 0.2) is 83.8 Å². The lowest BCUT2D eigenvalue weighted by Crippen LogP contribution is -2.38. The number of sulfone groups is 1. The second kappa shape index (κ2) is 8.83. The molecular formula is C23H19N3O6S. The Balaban J connectivity index is 1.64. The Hall–Kier alpha value is -4.05. The molecular weight excluding hydrogens is 446 g/mol. The van der Waals surface area contributed by atoms with E-state index in [2.05, 4.69) is 5.32 Å². The number of carbonyl (C=O) groups excluding carboxylic acids is 2. The average molecular weight is 465 g/mol. The third-order valence-corrected chi connectivity index (χ3v) is 7.48. The van der Waals surface area contributed by atoms with Gasteiger partial charge in [-0.3, -0.25) is 19.7 Å². The van der Waals surface area contributed by atoms with Crippen molar-refractivity contribution in [2.45, 2.75) is 16.6 Å². The zero-order valence-corrected chi connectivity index (χ0v) is 18.1. The van der Waals surface area contributed by atoms with Crippen LogP contribution in [0.5, 0.6) is 0 Å². The molecule has 3 aromatic carbocycles. The number of hydrogen-bond donors (Lipinski definition) is 1. The number of rotatable bonds is 5. The first kappa shape index (κ1) is 22.2. The summed E-state index contributed by atoms with van der Waals surface area (Å²) in [7, 11) is -3.90. The Morgan fingerprint density at radius 3 is 2.30 bits per heavy atom. The molecule has 0 radical (unpaired) electrons. The van der Waals surface area contributed by atoms with Crippen LogP contribution in [0, 0.1) is 10.1 Å². The lowest BCUT2D eigenvalue weighted by molar-refractivity contribution is -0.384. The maximum absolute atomic E-state index is 13.4. The summed E-state index contributed by atoms with van der Waals surface area (Å²) in [6, 6.07) is 19.9. The van der Waals surface area contributed by atoms with E-state index in [9.17, 15) is 28.1 Å². The second-order valence-electron chi connectivity index (χ2n) is 7.45. The fourth-order valence-electron chi connectivity index (χ4n) is 3.74. The molecule has 1 heterocycles. The Kier molecular flexibility index (Phi) is 5.93. The van der Waals surface area contributed by atoms with Crippen molar-refractivity contribution in [3.8, 4) is 0 Å². The van der Waals surface area contributed by atoms with Gasteiger partial charge >= 0.3 is 0 Å². The van der Waals surface area contributed by atoms with Gasteiger partial charge in [-0.2, -0.15) is 0 Å². The van der Waals surface area contributed by atoms with Crippen LogP contribution >= 0.6 is 0 Å². The third kappa shape index (κ3) is 4.46. The first-order chi connectivity index (χ1) is 15.8. The van der Waals surface area contributed by atoms with Crippen LogP contribution in [0.25, 0.3) is 0 Å². The molecule has 0 saturated heterocycles. The van der Waals surface area contributed by atoms with Crippen molar-refractivity contribution in [3.05, 3.63) is 94.5 Å². The van der Waals surface area contributed by atoms with Gasteiger partial charge in [0, 0.05) is 24.2 Å². The van der Waals surface area contributed by atoms with Crippen molar-refractivity contribution in [2.24, 2.45) is 0 Å². The van der Waals surface area contributed by atoms with E-state index in [1.807, 2.05) is 0 Å². The third-order valence-electron chi connectivity index (χ3n) is 5.33. The van der Waals surface area contributed by atoms with Crippen LogP contribution < -0.4 is 10.2 Å². The highest BCUT2D eigenvalue weighted by Gasteiger charge is 2.39. The molecule has 0 spiro atoms. The van der Waals surface area contributed by atoms with E-state index in [1.54, 1.807) is 42.5 Å². The molecule has 1 atom stereocenters. The molecule has 33 heavy (non-hydrogen) atoms. The number of non-ortho nitro benzene ring substituents is 1. The molecule has 1 N–H and O–H groups in total. The molecule has 0 fully saturated rings. The van der Waals surface area contributed by atoms with Gasteiger partial charge in [-0.05, 0) is 29.8 Å². The van der Waals surface area contributed by atoms with Gasteiger partial charge < -0.3 is 10.2 Å². The molecule has 1 aliphatic rings. The zero-order valence-electron chi connectivity index (χ0n) is 17.2. The van der Waals surface area contributed by atoms with Crippen molar-refractivity contribution in [1.29, 1.82) is 0 Å². The predicted molar refractivity (Wildman–Crippen MR) is 122 cm³/mol. The van der Waals surface area contributed by atoms with E-state index >= 15 is 0 Å². The number of hydrogen-bond acceptors (Lipinski definition) is 6. The topological polar surface area (TPSA) is 127 Å². The summed E-state index contributed by atoms with van der Waals surface area (Å²) in [5.74, 6) is -1.07. The van der Waals surface area contributed by atoms with Gasteiger partial charge in [0.1, 0.15) is 6.54 Å². The average Bonchev–Trinajstić information content (AvgIpc) is 2.89. The molecule has 3 aromatic rings. The summed E-state index contributed by atoms with van der Waals surface area (Å²) in [6.07, 6.45) is -0.314. The van der Waals surface area contributed by atoms with Crippen LogP contribution in [-0.2, 0) is 19.4 Å². The van der Waals surface area contributed by atoms with Crippen LogP contribution in [0.4, 0.5) is 17.1 Å². The van der Waals surface area contributed by atoms with E-state index < -0.39 is 38.4 Å². The summed E-state index contributed by atoms with van der Waals surface area (Å²) < 4.78 is 26.9. The van der Waals surface area contributed by atoms with E-state index in [0.717, 1.165) is 4.90 Å². The Labute approximate surface area is 189 Å². The summed E-state index contributed by atoms with van der Waals surface area (Å²) in [4.78, 5) is 37.2. The largest absolute Gasteiger partial charge is 0.325 e. The lowest BCUT2D eigenvalue weighted by Gasteiger charge is -2.21. The zero-order chi connectivity index (χ0) is 23.6. The molecule has 0 bridgehead atoms. The minimum Gasteiger partial charge on any atom is -0.325 e. The van der Waals surface area contributed by atoms with Crippen molar-refractivity contribution in [1.82, 2.24) is 0 Å². The van der Waals surface area contributed by atoms with Gasteiger partial charge in [-0.15, -0.1) is 0 Å². The Morgan fingerprint density at radius 2 is 1.64 bits per heavy atom. The van der Waals surface area contributed by atoms with E-state index in [1.165, 1.54) is 36.4 Å². The summed E-state index contributed by atoms with van der Waals surface area (Å²) in [5, 5.41) is 12.3. The number of benzene rings is 3. The lowest BCUT2D eigenvalue weighted by atomic mass is 10.1. The van der Waals surface area contributed by atoms with Crippen LogP contribution in [0.1, 0.15) is 17.2 Å². The number of nitrogens with one attached hydrogen (secondary N) is 1. The van der Waals surface area contributed by atoms with E-state index in [-0.39, 0.29) is 22.7 Å². The van der Waals surface area contributed by atoms with Crippen LogP contribution in [0.2, 0.25) is 0 Å². The summed E-state index contributed by atoms with van der Waals surface area (Å²) >= 11 is 0. The van der Waals surface area contributed by atoms with Crippen molar-refractivity contribution in [2.75, 3.05) is 16.8 Å². The highest BCUT2D eigenvalue weighted by Crippen LogP contribution is 2.40. The monoisotopic (exact) mass is 465 g/mol. The van der Waals surface area contributed by atoms with Gasteiger partial charge in [-0.25, -0.2) is 8.42 Å². The van der Waals surface area contributed by atoms with Gasteiger partial charge in [0.05, 0.1) is 20.8 Å². The number of amides is 2. The Morgan fingerprint density at radius 1 is 1.00 bits per heavy atom. The second-order valence-corrected chi connectivity index (χ2v) is 9.55. The van der Waals surface area contributed by atoms with Crippen molar-refractivity contribution < 1.29 is 22.9 Å². The molecule has 4 rings (SSSR count). The molecule has 0 aromatic heterocycles. The molecule has 2 amide bonds. The molecule has 0 saturated carbocycles. The smallest absolute Gasteiger partial charge is 0.269 e. The number of para-hydroxylation sites is 1. The minimum atomic E-state index is -3.90. The van der Waals surface area contributed by atoms with Gasteiger partial charge in [0.15, 0.2) is 9.84 Å². The quantitative estimate of drug-likeness (QED) is 0.454. The first-order valence-electron chi connectivity index (χ1n) is 10.00. The number of carbonyl (C=O) groups is 2. The number of nitro groups is 1.